The quantitative estimate of drug-likeness (QED) is 0.390. The first-order valence-electron chi connectivity index (χ1n) is 9.03. The number of amides is 1. The highest BCUT2D eigenvalue weighted by molar-refractivity contribution is 5.92. The highest BCUT2D eigenvalue weighted by atomic mass is 16.5. The van der Waals surface area contributed by atoms with E-state index in [2.05, 4.69) is 35.9 Å². The lowest BCUT2D eigenvalue weighted by molar-refractivity contribution is 0.100. The number of rotatable bonds is 7. The molecule has 0 heterocycles. The number of carbonyl (C=O) groups is 1. The molecule has 0 aliphatic rings. The molecule has 5 nitrogen and oxygen atoms in total. The number of primary amides is 1. The van der Waals surface area contributed by atoms with Gasteiger partial charge in [0, 0.05) is 43.3 Å². The van der Waals surface area contributed by atoms with E-state index in [0.29, 0.717) is 18.6 Å². The SMILES string of the molecule is C=C(O)CC.COCCNCc1ccc(C#Cc2ccc(C(N)=O)cc2)cc1. The Balaban J connectivity index is 0.000000696. The number of ether oxygens (including phenoxy) is 1. The fourth-order valence-electron chi connectivity index (χ4n) is 1.98. The number of benzene rings is 2. The molecule has 0 unspecified atom stereocenters. The third kappa shape index (κ3) is 9.58. The van der Waals surface area contributed by atoms with Crippen LogP contribution >= 0.6 is 0 Å². The van der Waals surface area contributed by atoms with Crippen molar-refractivity contribution >= 4 is 5.91 Å². The second kappa shape index (κ2) is 13.2. The molecular formula is C23H28N2O3. The van der Waals surface area contributed by atoms with Crippen molar-refractivity contribution in [1.29, 1.82) is 0 Å². The van der Waals surface area contributed by atoms with Crippen LogP contribution in [0.15, 0.2) is 60.9 Å². The van der Waals surface area contributed by atoms with E-state index < -0.39 is 5.91 Å². The van der Waals surface area contributed by atoms with Gasteiger partial charge >= 0.3 is 0 Å². The molecule has 4 N–H and O–H groups in total. The lowest BCUT2D eigenvalue weighted by Gasteiger charge is -2.04. The van der Waals surface area contributed by atoms with Gasteiger partial charge in [-0.15, -0.1) is 0 Å². The van der Waals surface area contributed by atoms with Crippen molar-refractivity contribution in [3.8, 4) is 11.8 Å². The number of aliphatic hydroxyl groups excluding tert-OH is 1. The Bertz CT molecular complexity index is 800. The summed E-state index contributed by atoms with van der Waals surface area (Å²) in [5.74, 6) is 6.00. The molecule has 0 aliphatic carbocycles. The van der Waals surface area contributed by atoms with Crippen molar-refractivity contribution in [1.82, 2.24) is 5.32 Å². The van der Waals surface area contributed by atoms with Crippen LogP contribution in [-0.2, 0) is 11.3 Å². The number of carbonyl (C=O) groups excluding carboxylic acids is 1. The van der Waals surface area contributed by atoms with E-state index in [9.17, 15) is 4.79 Å². The highest BCUT2D eigenvalue weighted by Gasteiger charge is 1.98. The van der Waals surface area contributed by atoms with Crippen LogP contribution in [0.4, 0.5) is 0 Å². The molecule has 0 saturated heterocycles. The Hall–Kier alpha value is -3.07. The van der Waals surface area contributed by atoms with Crippen molar-refractivity contribution in [3.63, 3.8) is 0 Å². The van der Waals surface area contributed by atoms with E-state index in [1.54, 1.807) is 31.4 Å². The number of hydrogen-bond donors (Lipinski definition) is 3. The number of methoxy groups -OCH3 is 1. The van der Waals surface area contributed by atoms with E-state index in [1.807, 2.05) is 19.1 Å². The van der Waals surface area contributed by atoms with Gasteiger partial charge in [0.05, 0.1) is 12.4 Å². The van der Waals surface area contributed by atoms with Crippen LogP contribution < -0.4 is 11.1 Å². The molecule has 2 aromatic rings. The smallest absolute Gasteiger partial charge is 0.248 e. The molecule has 0 saturated carbocycles. The van der Waals surface area contributed by atoms with E-state index in [4.69, 9.17) is 15.6 Å². The maximum absolute atomic E-state index is 11.0. The molecule has 148 valence electrons. The van der Waals surface area contributed by atoms with Crippen LogP contribution in [0, 0.1) is 11.8 Å². The second-order valence-corrected chi connectivity index (χ2v) is 5.98. The van der Waals surface area contributed by atoms with E-state index in [1.165, 1.54) is 5.56 Å². The molecule has 2 rings (SSSR count). The molecule has 0 fully saturated rings. The van der Waals surface area contributed by atoms with Crippen LogP contribution in [0.2, 0.25) is 0 Å². The highest BCUT2D eigenvalue weighted by Crippen LogP contribution is 2.05. The first kappa shape index (κ1) is 23.0. The first-order valence-corrected chi connectivity index (χ1v) is 9.03. The van der Waals surface area contributed by atoms with Crippen LogP contribution in [0.25, 0.3) is 0 Å². The van der Waals surface area contributed by atoms with Crippen molar-refractivity contribution in [3.05, 3.63) is 83.1 Å². The lowest BCUT2D eigenvalue weighted by Crippen LogP contribution is -2.18. The van der Waals surface area contributed by atoms with Gasteiger partial charge in [-0.1, -0.05) is 37.5 Å². The van der Waals surface area contributed by atoms with Gasteiger partial charge in [-0.05, 0) is 42.0 Å². The van der Waals surface area contributed by atoms with Gasteiger partial charge < -0.3 is 20.9 Å². The summed E-state index contributed by atoms with van der Waals surface area (Å²) in [4.78, 5) is 11.0. The van der Waals surface area contributed by atoms with E-state index >= 15 is 0 Å². The molecule has 0 aliphatic heterocycles. The fraction of sp³-hybridized carbons (Fsp3) is 0.261. The summed E-state index contributed by atoms with van der Waals surface area (Å²) in [6, 6.07) is 15.1. The number of hydrogen-bond acceptors (Lipinski definition) is 4. The molecule has 0 spiro atoms. The molecule has 28 heavy (non-hydrogen) atoms. The van der Waals surface area contributed by atoms with Crippen molar-refractivity contribution in [2.45, 2.75) is 19.9 Å². The van der Waals surface area contributed by atoms with E-state index in [-0.39, 0.29) is 5.76 Å². The van der Waals surface area contributed by atoms with Gasteiger partial charge in [0.1, 0.15) is 0 Å². The molecular weight excluding hydrogens is 352 g/mol. The van der Waals surface area contributed by atoms with Crippen LogP contribution in [0.3, 0.4) is 0 Å². The van der Waals surface area contributed by atoms with Crippen LogP contribution in [0.1, 0.15) is 40.4 Å². The first-order chi connectivity index (χ1) is 13.5. The van der Waals surface area contributed by atoms with Gasteiger partial charge in [0.25, 0.3) is 0 Å². The summed E-state index contributed by atoms with van der Waals surface area (Å²) in [6.45, 7) is 7.43. The predicted molar refractivity (Wildman–Crippen MR) is 113 cm³/mol. The zero-order valence-corrected chi connectivity index (χ0v) is 16.5. The van der Waals surface area contributed by atoms with Gasteiger partial charge in [-0.25, -0.2) is 0 Å². The monoisotopic (exact) mass is 380 g/mol. The number of nitrogens with one attached hydrogen (secondary N) is 1. The van der Waals surface area contributed by atoms with Gasteiger partial charge in [0.15, 0.2) is 0 Å². The largest absolute Gasteiger partial charge is 0.513 e. The molecule has 1 amide bonds. The van der Waals surface area contributed by atoms with Crippen molar-refractivity contribution in [2.24, 2.45) is 5.73 Å². The molecule has 0 radical (unpaired) electrons. The fourth-order valence-corrected chi connectivity index (χ4v) is 1.98. The summed E-state index contributed by atoms with van der Waals surface area (Å²) in [6.07, 6.45) is 0.667. The third-order valence-electron chi connectivity index (χ3n) is 3.69. The number of nitrogens with two attached hydrogens (primary N) is 1. The molecule has 0 atom stereocenters. The third-order valence-corrected chi connectivity index (χ3v) is 3.69. The Morgan fingerprint density at radius 1 is 1.11 bits per heavy atom. The van der Waals surface area contributed by atoms with Gasteiger partial charge in [-0.2, -0.15) is 0 Å². The summed E-state index contributed by atoms with van der Waals surface area (Å²) in [5, 5.41) is 11.5. The predicted octanol–water partition coefficient (Wildman–Crippen LogP) is 3.39. The van der Waals surface area contributed by atoms with Crippen LogP contribution in [0.5, 0.6) is 0 Å². The summed E-state index contributed by atoms with van der Waals surface area (Å²) >= 11 is 0. The Morgan fingerprint density at radius 3 is 2.04 bits per heavy atom. The Labute approximate surface area is 167 Å². The number of aliphatic hydroxyl groups is 1. The Kier molecular flexibility index (Phi) is 10.8. The minimum atomic E-state index is -0.431. The van der Waals surface area contributed by atoms with Crippen molar-refractivity contribution < 1.29 is 14.6 Å². The number of allylic oxidation sites excluding steroid dienone is 1. The Morgan fingerprint density at radius 2 is 1.61 bits per heavy atom. The molecule has 2 aromatic carbocycles. The van der Waals surface area contributed by atoms with E-state index in [0.717, 1.165) is 24.2 Å². The summed E-state index contributed by atoms with van der Waals surface area (Å²) in [5.41, 5.74) is 8.70. The second-order valence-electron chi connectivity index (χ2n) is 5.98. The summed E-state index contributed by atoms with van der Waals surface area (Å²) < 4.78 is 4.99. The normalized spacial score (nSPS) is 9.50. The minimum Gasteiger partial charge on any atom is -0.513 e. The average Bonchev–Trinajstić information content (AvgIpc) is 2.71. The van der Waals surface area contributed by atoms with Gasteiger partial charge in [-0.3, -0.25) is 4.79 Å². The van der Waals surface area contributed by atoms with Gasteiger partial charge in [0.2, 0.25) is 5.91 Å². The summed E-state index contributed by atoms with van der Waals surface area (Å²) in [7, 11) is 1.69. The zero-order valence-electron chi connectivity index (χ0n) is 16.5. The molecule has 0 aromatic heterocycles. The maximum Gasteiger partial charge on any atom is 0.248 e. The van der Waals surface area contributed by atoms with Crippen molar-refractivity contribution in [2.75, 3.05) is 20.3 Å². The standard InChI is InChI=1S/C19H20N2O2.C4H8O/c1-23-13-12-21-14-17-6-4-15(5-7-17)2-3-16-8-10-18(11-9-16)19(20)22;1-3-4(2)5/h4-11,21H,12-14H2,1H3,(H2,20,22);5H,2-3H2,1H3. The lowest BCUT2D eigenvalue weighted by atomic mass is 10.1. The topological polar surface area (TPSA) is 84.6 Å². The maximum atomic E-state index is 11.0. The molecule has 5 heteroatoms. The molecule has 0 bridgehead atoms. The zero-order chi connectivity index (χ0) is 20.8. The minimum absolute atomic E-state index is 0.255. The average molecular weight is 380 g/mol. The van der Waals surface area contributed by atoms with Crippen LogP contribution in [-0.4, -0.2) is 31.3 Å².